The van der Waals surface area contributed by atoms with Gasteiger partial charge in [0.15, 0.2) is 11.6 Å². The molecule has 0 aromatic heterocycles. The van der Waals surface area contributed by atoms with Crippen LogP contribution in [0.15, 0.2) is 84.1 Å². The molecule has 8 heteroatoms. The largest absolute Gasteiger partial charge is 0.357 e. The number of nitro benzene ring substituents is 1. The average molecular weight is 510 g/mol. The van der Waals surface area contributed by atoms with E-state index in [1.807, 2.05) is 19.9 Å². The van der Waals surface area contributed by atoms with Crippen molar-refractivity contribution in [3.05, 3.63) is 111 Å². The molecule has 1 N–H and O–H groups in total. The highest BCUT2D eigenvalue weighted by atomic mass is 16.6. The van der Waals surface area contributed by atoms with Gasteiger partial charge in [-0.25, -0.2) is 0 Å². The maximum Gasteiger partial charge on any atom is 0.269 e. The molecule has 0 bridgehead atoms. The van der Waals surface area contributed by atoms with Gasteiger partial charge in [0.05, 0.1) is 22.3 Å². The summed E-state index contributed by atoms with van der Waals surface area (Å²) in [6.45, 7) is 5.41. The summed E-state index contributed by atoms with van der Waals surface area (Å²) in [5, 5.41) is 15.0. The van der Waals surface area contributed by atoms with Gasteiger partial charge in [0, 0.05) is 47.9 Å². The molecular weight excluding hydrogens is 482 g/mol. The maximum atomic E-state index is 13.7. The molecule has 1 heterocycles. The Labute approximate surface area is 220 Å². The van der Waals surface area contributed by atoms with Gasteiger partial charge in [-0.2, -0.15) is 0 Å². The fourth-order valence-corrected chi connectivity index (χ4v) is 5.41. The Morgan fingerprint density at radius 1 is 0.974 bits per heavy atom. The first kappa shape index (κ1) is 25.1. The number of Topliss-reactive ketones (excluding diaryl/α,β-unsaturated/α-hetero) is 1. The molecule has 1 unspecified atom stereocenters. The van der Waals surface area contributed by atoms with Crippen molar-refractivity contribution >= 4 is 34.5 Å². The zero-order valence-corrected chi connectivity index (χ0v) is 21.4. The van der Waals surface area contributed by atoms with Gasteiger partial charge in [0.1, 0.15) is 0 Å². The quantitative estimate of drug-likeness (QED) is 0.263. The summed E-state index contributed by atoms with van der Waals surface area (Å²) >= 11 is 0. The highest BCUT2D eigenvalue weighted by Gasteiger charge is 2.43. The molecule has 3 aromatic carbocycles. The predicted molar refractivity (Wildman–Crippen MR) is 144 cm³/mol. The van der Waals surface area contributed by atoms with Crippen LogP contribution in [0.4, 0.5) is 17.1 Å². The van der Waals surface area contributed by atoms with Crippen LogP contribution in [0.5, 0.6) is 0 Å². The topological polar surface area (TPSA) is 110 Å². The Balaban J connectivity index is 1.73. The van der Waals surface area contributed by atoms with Crippen molar-refractivity contribution < 1.29 is 19.3 Å². The molecule has 1 atom stereocenters. The van der Waals surface area contributed by atoms with Crippen LogP contribution in [0.25, 0.3) is 0 Å². The zero-order valence-electron chi connectivity index (χ0n) is 21.4. The van der Waals surface area contributed by atoms with E-state index in [9.17, 15) is 24.5 Å². The summed E-state index contributed by atoms with van der Waals surface area (Å²) in [6, 6.07) is 19.1. The third kappa shape index (κ3) is 4.49. The molecule has 192 valence electrons. The number of hydrogen-bond donors (Lipinski definition) is 1. The number of non-ortho nitro benzene ring substituents is 1. The van der Waals surface area contributed by atoms with E-state index in [4.69, 9.17) is 0 Å². The Morgan fingerprint density at radius 3 is 2.39 bits per heavy atom. The molecule has 1 aliphatic heterocycles. The third-order valence-electron chi connectivity index (χ3n) is 7.03. The number of ketones is 2. The SMILES string of the molecule is CC(=O)N1c2ccc(C(=O)c3ccccc3)cc2NC2=C(C(=O)CC(C)(C)C2)C1c1cccc([N+](=O)[O-])c1. The lowest BCUT2D eigenvalue weighted by Gasteiger charge is -2.36. The third-order valence-corrected chi connectivity index (χ3v) is 7.03. The molecule has 2 aliphatic rings. The van der Waals surface area contributed by atoms with Crippen LogP contribution in [0.2, 0.25) is 0 Å². The normalized spacial score (nSPS) is 18.1. The number of amides is 1. The number of rotatable bonds is 4. The van der Waals surface area contributed by atoms with Crippen LogP contribution in [0, 0.1) is 15.5 Å². The monoisotopic (exact) mass is 509 g/mol. The first-order valence-electron chi connectivity index (χ1n) is 12.4. The number of allylic oxidation sites excluding steroid dienone is 1. The fraction of sp³-hybridized carbons (Fsp3) is 0.233. The summed E-state index contributed by atoms with van der Waals surface area (Å²) in [5.41, 5.74) is 3.04. The highest BCUT2D eigenvalue weighted by molar-refractivity contribution is 6.11. The second-order valence-electron chi connectivity index (χ2n) is 10.5. The van der Waals surface area contributed by atoms with Crippen molar-refractivity contribution in [1.82, 2.24) is 0 Å². The summed E-state index contributed by atoms with van der Waals surface area (Å²) < 4.78 is 0. The highest BCUT2D eigenvalue weighted by Crippen LogP contribution is 2.48. The number of anilines is 2. The molecule has 0 fully saturated rings. The molecule has 0 spiro atoms. The van der Waals surface area contributed by atoms with Crippen LogP contribution in [0.3, 0.4) is 0 Å². The van der Waals surface area contributed by atoms with Gasteiger partial charge in [0.2, 0.25) is 5.91 Å². The smallest absolute Gasteiger partial charge is 0.269 e. The van der Waals surface area contributed by atoms with Crippen molar-refractivity contribution in [2.24, 2.45) is 5.41 Å². The second-order valence-corrected chi connectivity index (χ2v) is 10.5. The van der Waals surface area contributed by atoms with E-state index in [1.54, 1.807) is 54.6 Å². The number of fused-ring (bicyclic) bond motifs is 1. The van der Waals surface area contributed by atoms with Gasteiger partial charge in [-0.1, -0.05) is 56.3 Å². The van der Waals surface area contributed by atoms with Gasteiger partial charge in [-0.3, -0.25) is 29.4 Å². The lowest BCUT2D eigenvalue weighted by Crippen LogP contribution is -2.38. The van der Waals surface area contributed by atoms with Crippen LogP contribution in [-0.4, -0.2) is 22.4 Å². The minimum absolute atomic E-state index is 0.125. The van der Waals surface area contributed by atoms with Crippen molar-refractivity contribution in [2.45, 2.75) is 39.7 Å². The summed E-state index contributed by atoms with van der Waals surface area (Å²) in [7, 11) is 0. The summed E-state index contributed by atoms with van der Waals surface area (Å²) in [6.07, 6.45) is 0.806. The molecule has 38 heavy (non-hydrogen) atoms. The molecule has 0 radical (unpaired) electrons. The van der Waals surface area contributed by atoms with Crippen molar-refractivity contribution in [3.8, 4) is 0 Å². The first-order valence-corrected chi connectivity index (χ1v) is 12.4. The van der Waals surface area contributed by atoms with Gasteiger partial charge in [-0.15, -0.1) is 0 Å². The molecule has 1 amide bonds. The molecule has 3 aromatic rings. The van der Waals surface area contributed by atoms with E-state index >= 15 is 0 Å². The van der Waals surface area contributed by atoms with Gasteiger partial charge < -0.3 is 5.32 Å². The zero-order chi connectivity index (χ0) is 27.2. The molecule has 0 saturated heterocycles. The number of nitrogens with zero attached hydrogens (tertiary/aromatic N) is 2. The summed E-state index contributed by atoms with van der Waals surface area (Å²) in [5.74, 6) is -0.628. The minimum Gasteiger partial charge on any atom is -0.357 e. The predicted octanol–water partition coefficient (Wildman–Crippen LogP) is 5.99. The first-order chi connectivity index (χ1) is 18.1. The van der Waals surface area contributed by atoms with Gasteiger partial charge in [-0.05, 0) is 35.6 Å². The Bertz CT molecular complexity index is 1520. The van der Waals surface area contributed by atoms with E-state index in [1.165, 1.54) is 24.0 Å². The van der Waals surface area contributed by atoms with Gasteiger partial charge >= 0.3 is 0 Å². The summed E-state index contributed by atoms with van der Waals surface area (Å²) in [4.78, 5) is 52.7. The van der Waals surface area contributed by atoms with E-state index in [0.717, 1.165) is 0 Å². The number of nitro groups is 1. The Morgan fingerprint density at radius 2 is 1.71 bits per heavy atom. The van der Waals surface area contributed by atoms with E-state index in [-0.39, 0.29) is 35.0 Å². The minimum atomic E-state index is -0.865. The molecule has 5 rings (SSSR count). The lowest BCUT2D eigenvalue weighted by molar-refractivity contribution is -0.384. The van der Waals surface area contributed by atoms with E-state index in [2.05, 4.69) is 5.32 Å². The van der Waals surface area contributed by atoms with Gasteiger partial charge in [0.25, 0.3) is 5.69 Å². The number of carbonyl (C=O) groups excluding carboxylic acids is 3. The van der Waals surface area contributed by atoms with Crippen LogP contribution in [-0.2, 0) is 9.59 Å². The van der Waals surface area contributed by atoms with Crippen LogP contribution >= 0.6 is 0 Å². The van der Waals surface area contributed by atoms with E-state index in [0.29, 0.717) is 45.8 Å². The maximum absolute atomic E-state index is 13.7. The second kappa shape index (κ2) is 9.37. The number of carbonyl (C=O) groups is 3. The molecule has 1 aliphatic carbocycles. The average Bonchev–Trinajstić information content (AvgIpc) is 3.02. The van der Waals surface area contributed by atoms with Crippen molar-refractivity contribution in [2.75, 3.05) is 10.2 Å². The molecule has 0 saturated carbocycles. The standard InChI is InChI=1S/C30H27N3O5/c1-18(34)32-25-13-12-21(29(36)19-8-5-4-6-9-19)15-23(25)31-24-16-30(2,3)17-26(35)27(24)28(32)20-10-7-11-22(14-20)33(37)38/h4-15,28,31H,16-17H2,1-3H3. The van der Waals surface area contributed by atoms with Crippen LogP contribution in [0.1, 0.15) is 61.1 Å². The van der Waals surface area contributed by atoms with Crippen molar-refractivity contribution in [3.63, 3.8) is 0 Å². The van der Waals surface area contributed by atoms with Crippen LogP contribution < -0.4 is 10.2 Å². The molecule has 8 nitrogen and oxygen atoms in total. The lowest BCUT2D eigenvalue weighted by atomic mass is 9.73. The van der Waals surface area contributed by atoms with E-state index < -0.39 is 11.0 Å². The Hall–Kier alpha value is -4.59. The number of benzene rings is 3. The van der Waals surface area contributed by atoms with Crippen molar-refractivity contribution in [1.29, 1.82) is 0 Å². The molecular formula is C30H27N3O5. The number of hydrogen-bond acceptors (Lipinski definition) is 6. The number of nitrogens with one attached hydrogen (secondary N) is 1. The Kier molecular flexibility index (Phi) is 6.18. The fourth-order valence-electron chi connectivity index (χ4n) is 5.41.